The van der Waals surface area contributed by atoms with Crippen LogP contribution in [0.1, 0.15) is 57.2 Å². The van der Waals surface area contributed by atoms with Crippen molar-refractivity contribution in [2.75, 3.05) is 46.2 Å². The second-order valence-corrected chi connectivity index (χ2v) is 33.7. The van der Waals surface area contributed by atoms with Crippen molar-refractivity contribution in [1.29, 1.82) is 0 Å². The molecule has 0 spiro atoms. The SMILES string of the molecule is C#CCCCO[C@@H]1OC(COS(=O)(=O)O)[C@H](O[C@@H]2OC[C@H](O[C@@H]3OC(COS(=O)(=O)O)[C@H](O[C@@H]4OC[C@H](O[C@@H]5OC(COS(=O)(=O)O)[C@H](O[C@@H]6OC[C@H](C)[C@@H](OCc7ccccc7)C6O)[C@H](C)C5NS(=O)(=O)O)[C@@H](OCc5ccccc5)C4O)[C@H](C)C3NS(=O)(=O)O)[C@@H](OCc3ccccc3)C2O)[C@H](C)C1NS(=O)(=O)O. The molecule has 111 heavy (non-hydrogen) atoms. The summed E-state index contributed by atoms with van der Waals surface area (Å²) in [4.78, 5) is 0. The van der Waals surface area contributed by atoms with Gasteiger partial charge in [0.15, 0.2) is 37.7 Å². The van der Waals surface area contributed by atoms with Crippen molar-refractivity contribution in [3.05, 3.63) is 108 Å². The maximum atomic E-state index is 13.1. The maximum Gasteiger partial charge on any atom is 0.397 e. The number of hydrogen-bond acceptors (Lipinski definition) is 33. The Morgan fingerprint density at radius 2 is 0.712 bits per heavy atom. The van der Waals surface area contributed by atoms with Crippen LogP contribution in [0, 0.1) is 36.0 Å². The van der Waals surface area contributed by atoms with Gasteiger partial charge >= 0.3 is 62.1 Å². The molecular weight excluding hydrogens is 1620 g/mol. The molecule has 27 atom stereocenters. The fourth-order valence-corrected chi connectivity index (χ4v) is 16.4. The molecule has 0 saturated carbocycles. The molecule has 628 valence electrons. The summed E-state index contributed by atoms with van der Waals surface area (Å²) >= 11 is 0. The molecule has 6 aliphatic heterocycles. The van der Waals surface area contributed by atoms with Crippen molar-refractivity contribution in [3.8, 4) is 12.3 Å². The molecule has 0 aromatic heterocycles. The summed E-state index contributed by atoms with van der Waals surface area (Å²) in [6.07, 6.45) is -29.5. The normalized spacial score (nSPS) is 35.6. The minimum atomic E-state index is -5.43. The van der Waals surface area contributed by atoms with E-state index < -0.39 is 260 Å². The van der Waals surface area contributed by atoms with E-state index in [1.807, 2.05) is 14.2 Å². The van der Waals surface area contributed by atoms with E-state index in [1.54, 1.807) is 97.9 Å². The van der Waals surface area contributed by atoms with Crippen LogP contribution in [0.2, 0.25) is 0 Å². The quantitative estimate of drug-likeness (QED) is 0.0180. The summed E-state index contributed by atoms with van der Waals surface area (Å²) in [5.41, 5.74) is 1.69. The summed E-state index contributed by atoms with van der Waals surface area (Å²) in [5, 5.41) is 36.6. The highest BCUT2D eigenvalue weighted by Crippen LogP contribution is 2.40. The number of terminal acetylenes is 1. The van der Waals surface area contributed by atoms with E-state index in [1.165, 1.54) is 20.8 Å². The highest BCUT2D eigenvalue weighted by Gasteiger charge is 2.57. The number of unbranched alkanes of at least 4 members (excludes halogenated alkanes) is 1. The van der Waals surface area contributed by atoms with Crippen LogP contribution in [-0.2, 0) is 166 Å². The molecule has 0 aliphatic carbocycles. The Hall–Kier alpha value is -4.28. The molecule has 3 aromatic carbocycles. The van der Waals surface area contributed by atoms with Gasteiger partial charge in [-0.15, -0.1) is 12.3 Å². The third kappa shape index (κ3) is 27.1. The third-order valence-electron chi connectivity index (χ3n) is 18.8. The van der Waals surface area contributed by atoms with Crippen molar-refractivity contribution in [2.45, 2.75) is 202 Å². The molecule has 48 heteroatoms. The Balaban J connectivity index is 0.991. The summed E-state index contributed by atoms with van der Waals surface area (Å²) in [6, 6.07) is 20.0. The first-order valence-electron chi connectivity index (χ1n) is 34.4. The predicted molar refractivity (Wildman–Crippen MR) is 371 cm³/mol. The lowest BCUT2D eigenvalue weighted by atomic mass is 9.88. The molecule has 0 radical (unpaired) electrons. The molecule has 42 nitrogen and oxygen atoms in total. The van der Waals surface area contributed by atoms with Crippen LogP contribution in [0.4, 0.5) is 0 Å². The lowest BCUT2D eigenvalue weighted by Crippen LogP contribution is -2.67. The number of ether oxygens (including phenoxy) is 15. The van der Waals surface area contributed by atoms with E-state index in [9.17, 15) is 93.1 Å². The van der Waals surface area contributed by atoms with E-state index in [4.69, 9.17) is 85.8 Å². The number of rotatable bonds is 38. The summed E-state index contributed by atoms with van der Waals surface area (Å²) < 4.78 is 323. The standard InChI is InChI=1S/C63H91N3O39S6/c1-6-7-17-24-88-58-46(64-106(70,71)72)35(3)53(43(98-58)31-95-109(79,80)81)104-62-50(68)56(90-27-39-20-13-9-14-21-39)41(29-93-62)100-60-48(66-108(76,77)78)37(5)55(45(102-60)33-97-111(85,86)87)105-63-51(69)57(91-28-40-22-15-10-16-23-40)42(30-94-63)99-59-47(65-107(73,74)75)36(4)54(44(101-59)32-96-110(82,83)84)103-61-49(67)52(34(2)25-92-61)89-26-38-18-11-8-12-19-38/h1,8-16,18-23,34-37,41-69H,7,17,24-33H2,2-5H3,(H,70,71,72)(H,73,74,75)(H,76,77,78)(H,79,80,81)(H,82,83,84)(H,85,86,87)/t34-,35+,36+,37+,41-,42-,43?,44?,45?,46?,47?,48?,49?,50?,51?,52+,53+,54+,55+,56+,57+,58+,59+,60+,61-,62-,63-/m0/s1. The molecule has 9 rings (SSSR count). The Kier molecular flexibility index (Phi) is 32.5. The first-order valence-corrected chi connectivity index (χ1v) is 42.8. The van der Waals surface area contributed by atoms with Crippen LogP contribution in [0.15, 0.2) is 91.0 Å². The molecular formula is C63H91N3O39S6. The molecule has 3 aromatic rings. The largest absolute Gasteiger partial charge is 0.397 e. The van der Waals surface area contributed by atoms with Gasteiger partial charge in [-0.05, 0) is 23.1 Å². The van der Waals surface area contributed by atoms with Crippen molar-refractivity contribution in [1.82, 2.24) is 14.2 Å². The number of aliphatic hydroxyl groups excluding tert-OH is 3. The molecule has 6 aliphatic rings. The van der Waals surface area contributed by atoms with Gasteiger partial charge in [0.25, 0.3) is 0 Å². The Morgan fingerprint density at radius 1 is 0.405 bits per heavy atom. The third-order valence-corrected chi connectivity index (χ3v) is 21.8. The summed E-state index contributed by atoms with van der Waals surface area (Å²) in [6.45, 7) is -0.211. The van der Waals surface area contributed by atoms with Crippen LogP contribution in [-0.4, -0.2) is 281 Å². The Bertz CT molecular complexity index is 4180. The monoisotopic (exact) mass is 1710 g/mol. The van der Waals surface area contributed by atoms with E-state index in [0.717, 1.165) is 5.56 Å². The Labute approximate surface area is 641 Å². The fraction of sp³-hybridized carbons (Fsp3) is 0.683. The molecule has 0 bridgehead atoms. The van der Waals surface area contributed by atoms with Gasteiger partial charge < -0.3 is 86.4 Å². The van der Waals surface area contributed by atoms with Crippen LogP contribution in [0.25, 0.3) is 0 Å². The molecule has 6 saturated heterocycles. The smallest absolute Gasteiger partial charge is 0.385 e. The van der Waals surface area contributed by atoms with Crippen molar-refractivity contribution in [2.24, 2.45) is 23.7 Å². The topological polar surface area (TPSA) is 589 Å². The average molecular weight is 1710 g/mol. The van der Waals surface area contributed by atoms with Crippen LogP contribution in [0.3, 0.4) is 0 Å². The van der Waals surface area contributed by atoms with E-state index in [0.29, 0.717) is 11.1 Å². The Morgan fingerprint density at radius 3 is 1.04 bits per heavy atom. The first kappa shape index (κ1) is 90.6. The van der Waals surface area contributed by atoms with E-state index in [2.05, 4.69) is 10.1 Å². The van der Waals surface area contributed by atoms with Crippen LogP contribution < -0.4 is 14.2 Å². The summed E-state index contributed by atoms with van der Waals surface area (Å²) in [5.74, 6) is -2.20. The number of hydrogen-bond donors (Lipinski definition) is 12. The van der Waals surface area contributed by atoms with Gasteiger partial charge in [-0.25, -0.2) is 12.5 Å². The second kappa shape index (κ2) is 39.8. The van der Waals surface area contributed by atoms with Gasteiger partial charge in [-0.2, -0.15) is 64.7 Å². The van der Waals surface area contributed by atoms with Crippen LogP contribution in [0.5, 0.6) is 0 Å². The van der Waals surface area contributed by atoms with E-state index in [-0.39, 0.29) is 45.9 Å². The average Bonchev–Trinajstić information content (AvgIpc) is 0.775. The number of aliphatic hydroxyl groups is 3. The fourth-order valence-electron chi connectivity index (χ4n) is 13.5. The van der Waals surface area contributed by atoms with E-state index >= 15 is 0 Å². The van der Waals surface area contributed by atoms with Crippen molar-refractivity contribution < 1.29 is 177 Å². The van der Waals surface area contributed by atoms with Gasteiger partial charge in [0, 0.05) is 30.1 Å². The molecule has 12 N–H and O–H groups in total. The molecule has 6 fully saturated rings. The molecule has 0 amide bonds. The van der Waals surface area contributed by atoms with Gasteiger partial charge in [0.05, 0.1) is 109 Å². The molecule has 6 heterocycles. The zero-order valence-electron chi connectivity index (χ0n) is 59.5. The zero-order chi connectivity index (χ0) is 81.0. The zero-order valence-corrected chi connectivity index (χ0v) is 64.4. The predicted octanol–water partition coefficient (Wildman–Crippen LogP) is -1.29. The summed E-state index contributed by atoms with van der Waals surface area (Å²) in [7, 11) is -31.8. The van der Waals surface area contributed by atoms with Crippen molar-refractivity contribution >= 4 is 62.1 Å². The minimum Gasteiger partial charge on any atom is -0.385 e. The van der Waals surface area contributed by atoms with Gasteiger partial charge in [0.1, 0.15) is 61.0 Å². The first-order chi connectivity index (χ1) is 52.1. The maximum absolute atomic E-state index is 13.1. The molecule has 9 unspecified atom stereocenters. The van der Waals surface area contributed by atoms with Crippen molar-refractivity contribution in [3.63, 3.8) is 0 Å². The van der Waals surface area contributed by atoms with Gasteiger partial charge in [-0.1, -0.05) is 119 Å². The second-order valence-electron chi connectivity index (χ2n) is 26.9. The van der Waals surface area contributed by atoms with Gasteiger partial charge in [-0.3, -0.25) is 27.3 Å². The number of nitrogens with one attached hydrogen (secondary N) is 3. The minimum absolute atomic E-state index is 0.0395. The lowest BCUT2D eigenvalue weighted by molar-refractivity contribution is -0.365. The van der Waals surface area contributed by atoms with Gasteiger partial charge in [0.2, 0.25) is 0 Å². The lowest BCUT2D eigenvalue weighted by Gasteiger charge is -2.50. The van der Waals surface area contributed by atoms with Crippen LogP contribution >= 0.6 is 0 Å². The number of benzene rings is 3. The highest BCUT2D eigenvalue weighted by molar-refractivity contribution is 7.84. The highest BCUT2D eigenvalue weighted by atomic mass is 32.3.